The quantitative estimate of drug-likeness (QED) is 0.852. The summed E-state index contributed by atoms with van der Waals surface area (Å²) in [6, 6.07) is 5.91. The number of hydrogen-bond donors (Lipinski definition) is 2. The summed E-state index contributed by atoms with van der Waals surface area (Å²) >= 11 is 0. The lowest BCUT2D eigenvalue weighted by molar-refractivity contribution is -0.186. The minimum atomic E-state index is -0.840. The van der Waals surface area contributed by atoms with E-state index in [1.165, 1.54) is 0 Å². The molecule has 0 bridgehead atoms. The van der Waals surface area contributed by atoms with Gasteiger partial charge in [0.1, 0.15) is 5.41 Å². The van der Waals surface area contributed by atoms with Crippen molar-refractivity contribution >= 4 is 5.97 Å². The second-order valence-electron chi connectivity index (χ2n) is 5.04. The van der Waals surface area contributed by atoms with Crippen LogP contribution in [0.5, 0.6) is 0 Å². The number of nitrogens with one attached hydrogen (secondary N) is 1. The third-order valence-corrected chi connectivity index (χ3v) is 3.73. The molecule has 98 valence electrons. The number of carboxylic acids is 1. The Hall–Kier alpha value is -1.39. The van der Waals surface area contributed by atoms with Gasteiger partial charge in [-0.05, 0) is 32.0 Å². The van der Waals surface area contributed by atoms with E-state index in [1.54, 1.807) is 7.05 Å². The molecule has 0 radical (unpaired) electrons. The highest BCUT2D eigenvalue weighted by Gasteiger charge is 2.52. The second kappa shape index (κ2) is 4.71. The van der Waals surface area contributed by atoms with Crippen molar-refractivity contribution in [3.8, 4) is 0 Å². The Bertz CT molecular complexity index is 466. The summed E-state index contributed by atoms with van der Waals surface area (Å²) in [6.07, 6.45) is 0. The fourth-order valence-corrected chi connectivity index (χ4v) is 2.54. The molecule has 18 heavy (non-hydrogen) atoms. The molecule has 0 amide bonds. The molecule has 1 unspecified atom stereocenters. The van der Waals surface area contributed by atoms with E-state index < -0.39 is 11.4 Å². The largest absolute Gasteiger partial charge is 0.481 e. The Morgan fingerprint density at radius 3 is 2.56 bits per heavy atom. The maximum absolute atomic E-state index is 11.6. The van der Waals surface area contributed by atoms with Gasteiger partial charge in [-0.25, -0.2) is 0 Å². The van der Waals surface area contributed by atoms with Crippen molar-refractivity contribution in [2.45, 2.75) is 19.9 Å². The van der Waals surface area contributed by atoms with Crippen molar-refractivity contribution < 1.29 is 14.6 Å². The van der Waals surface area contributed by atoms with Crippen LogP contribution in [0.3, 0.4) is 0 Å². The normalized spacial score (nSPS) is 19.1. The molecule has 2 rings (SSSR count). The molecule has 0 saturated carbocycles. The second-order valence-corrected chi connectivity index (χ2v) is 5.04. The molecular weight excluding hydrogens is 230 g/mol. The van der Waals surface area contributed by atoms with Crippen LogP contribution in [0.1, 0.15) is 22.7 Å². The Balaban J connectivity index is 2.45. The third kappa shape index (κ3) is 1.91. The van der Waals surface area contributed by atoms with E-state index in [0.717, 1.165) is 16.7 Å². The predicted molar refractivity (Wildman–Crippen MR) is 68.6 cm³/mol. The summed E-state index contributed by atoms with van der Waals surface area (Å²) < 4.78 is 5.15. The fraction of sp³-hybridized carbons (Fsp3) is 0.500. The van der Waals surface area contributed by atoms with E-state index in [4.69, 9.17) is 4.74 Å². The Morgan fingerprint density at radius 1 is 1.44 bits per heavy atom. The fourth-order valence-electron chi connectivity index (χ4n) is 2.54. The zero-order chi connectivity index (χ0) is 13.3. The number of carbonyl (C=O) groups is 1. The van der Waals surface area contributed by atoms with Crippen molar-refractivity contribution in [3.05, 3.63) is 34.9 Å². The lowest BCUT2D eigenvalue weighted by atomic mass is 9.74. The molecule has 1 heterocycles. The molecule has 1 aliphatic heterocycles. The predicted octanol–water partition coefficient (Wildman–Crippen LogP) is 1.67. The number of rotatable bonds is 4. The zero-order valence-corrected chi connectivity index (χ0v) is 11.0. The van der Waals surface area contributed by atoms with Gasteiger partial charge in [0.25, 0.3) is 0 Å². The standard InChI is InChI=1S/C14H19NO3/c1-9-4-5-10(2)11(6-9)12(15-3)14(13(16)17)7-18-8-14/h4-6,12,15H,7-8H2,1-3H3,(H,16,17). The van der Waals surface area contributed by atoms with Gasteiger partial charge in [-0.2, -0.15) is 0 Å². The number of carboxylic acid groups (broad SMARTS) is 1. The number of ether oxygens (including phenoxy) is 1. The molecule has 1 aliphatic rings. The van der Waals surface area contributed by atoms with Gasteiger partial charge in [0, 0.05) is 0 Å². The van der Waals surface area contributed by atoms with Gasteiger partial charge in [-0.3, -0.25) is 4.79 Å². The van der Waals surface area contributed by atoms with Crippen LogP contribution in [0.25, 0.3) is 0 Å². The van der Waals surface area contributed by atoms with E-state index in [2.05, 4.69) is 11.4 Å². The minimum absolute atomic E-state index is 0.219. The molecule has 1 atom stereocenters. The Labute approximate surface area is 107 Å². The number of aliphatic carboxylic acids is 1. The van der Waals surface area contributed by atoms with E-state index >= 15 is 0 Å². The van der Waals surface area contributed by atoms with Crippen LogP contribution in [-0.4, -0.2) is 31.3 Å². The van der Waals surface area contributed by atoms with Crippen LogP contribution >= 0.6 is 0 Å². The average molecular weight is 249 g/mol. The molecule has 1 aromatic carbocycles. The van der Waals surface area contributed by atoms with Gasteiger partial charge in [-0.15, -0.1) is 0 Å². The highest BCUT2D eigenvalue weighted by atomic mass is 16.5. The lowest BCUT2D eigenvalue weighted by Gasteiger charge is -2.44. The first-order valence-corrected chi connectivity index (χ1v) is 6.07. The van der Waals surface area contributed by atoms with Gasteiger partial charge < -0.3 is 15.2 Å². The maximum atomic E-state index is 11.6. The van der Waals surface area contributed by atoms with E-state index in [9.17, 15) is 9.90 Å². The maximum Gasteiger partial charge on any atom is 0.316 e. The van der Waals surface area contributed by atoms with Crippen LogP contribution in [0.15, 0.2) is 18.2 Å². The molecule has 0 aromatic heterocycles. The Morgan fingerprint density at radius 2 is 2.11 bits per heavy atom. The van der Waals surface area contributed by atoms with Crippen molar-refractivity contribution in [3.63, 3.8) is 0 Å². The first-order chi connectivity index (χ1) is 8.51. The molecule has 1 fully saturated rings. The van der Waals surface area contributed by atoms with E-state index in [0.29, 0.717) is 0 Å². The van der Waals surface area contributed by atoms with Crippen molar-refractivity contribution in [1.29, 1.82) is 0 Å². The lowest BCUT2D eigenvalue weighted by Crippen LogP contribution is -2.56. The molecule has 4 nitrogen and oxygen atoms in total. The van der Waals surface area contributed by atoms with Crippen molar-refractivity contribution in [2.24, 2.45) is 5.41 Å². The Kier molecular flexibility index (Phi) is 3.41. The van der Waals surface area contributed by atoms with Crippen LogP contribution in [0, 0.1) is 19.3 Å². The highest BCUT2D eigenvalue weighted by molar-refractivity contribution is 5.77. The van der Waals surface area contributed by atoms with Gasteiger partial charge in [-0.1, -0.05) is 23.8 Å². The van der Waals surface area contributed by atoms with Crippen molar-refractivity contribution in [2.75, 3.05) is 20.3 Å². The summed E-state index contributed by atoms with van der Waals surface area (Å²) in [5.41, 5.74) is 2.44. The molecule has 1 saturated heterocycles. The highest BCUT2D eigenvalue weighted by Crippen LogP contribution is 2.41. The summed E-state index contributed by atoms with van der Waals surface area (Å²) in [5, 5.41) is 12.6. The summed E-state index contributed by atoms with van der Waals surface area (Å²) in [4.78, 5) is 11.6. The zero-order valence-electron chi connectivity index (χ0n) is 11.0. The molecule has 2 N–H and O–H groups in total. The number of aryl methyl sites for hydroxylation is 2. The van der Waals surface area contributed by atoms with Crippen LogP contribution in [0.4, 0.5) is 0 Å². The molecule has 1 aromatic rings. The van der Waals surface area contributed by atoms with Gasteiger partial charge in [0.05, 0.1) is 19.3 Å². The monoisotopic (exact) mass is 249 g/mol. The SMILES string of the molecule is CNC(c1cc(C)ccc1C)C1(C(=O)O)COC1. The van der Waals surface area contributed by atoms with E-state index in [-0.39, 0.29) is 19.3 Å². The first kappa shape index (κ1) is 13.1. The van der Waals surface area contributed by atoms with Gasteiger partial charge in [0.2, 0.25) is 0 Å². The van der Waals surface area contributed by atoms with Gasteiger partial charge in [0.15, 0.2) is 0 Å². The molecule has 4 heteroatoms. The average Bonchev–Trinajstić information content (AvgIpc) is 2.26. The minimum Gasteiger partial charge on any atom is -0.481 e. The van der Waals surface area contributed by atoms with Crippen LogP contribution in [-0.2, 0) is 9.53 Å². The number of benzene rings is 1. The summed E-state index contributed by atoms with van der Waals surface area (Å²) in [6.45, 7) is 4.55. The summed E-state index contributed by atoms with van der Waals surface area (Å²) in [7, 11) is 1.80. The topological polar surface area (TPSA) is 58.6 Å². The van der Waals surface area contributed by atoms with Crippen LogP contribution in [0.2, 0.25) is 0 Å². The first-order valence-electron chi connectivity index (χ1n) is 6.07. The molecule has 0 aliphatic carbocycles. The smallest absolute Gasteiger partial charge is 0.316 e. The third-order valence-electron chi connectivity index (χ3n) is 3.73. The van der Waals surface area contributed by atoms with Crippen LogP contribution < -0.4 is 5.32 Å². The molecule has 0 spiro atoms. The molecular formula is C14H19NO3. The van der Waals surface area contributed by atoms with E-state index in [1.807, 2.05) is 26.0 Å². The van der Waals surface area contributed by atoms with Gasteiger partial charge >= 0.3 is 5.97 Å². The van der Waals surface area contributed by atoms with Crippen molar-refractivity contribution in [1.82, 2.24) is 5.32 Å². The number of hydrogen-bond acceptors (Lipinski definition) is 3. The summed E-state index contributed by atoms with van der Waals surface area (Å²) in [5.74, 6) is -0.797.